The van der Waals surface area contributed by atoms with Crippen molar-refractivity contribution in [1.82, 2.24) is 0 Å². The molecule has 72 valence electrons. The Morgan fingerprint density at radius 1 is 1.58 bits per heavy atom. The Balaban J connectivity index is 4.23. The van der Waals surface area contributed by atoms with Crippen molar-refractivity contribution in [3.8, 4) is 0 Å². The molecule has 3 N–H and O–H groups in total. The van der Waals surface area contributed by atoms with Crippen LogP contribution in [0, 0.1) is 5.92 Å². The third-order valence-corrected chi connectivity index (χ3v) is 2.47. The summed E-state index contributed by atoms with van der Waals surface area (Å²) < 4.78 is 0. The number of rotatable bonds is 5. The molecule has 0 bridgehead atoms. The molecule has 0 aromatic rings. The lowest BCUT2D eigenvalue weighted by Gasteiger charge is -2.25. The van der Waals surface area contributed by atoms with Crippen molar-refractivity contribution in [2.75, 3.05) is 0 Å². The second-order valence-corrected chi connectivity index (χ2v) is 3.53. The minimum Gasteiger partial charge on any atom is -0.480 e. The van der Waals surface area contributed by atoms with Gasteiger partial charge in [0, 0.05) is 0 Å². The van der Waals surface area contributed by atoms with Crippen LogP contribution >= 0.6 is 0 Å². The smallest absolute Gasteiger partial charge is 0.323 e. The van der Waals surface area contributed by atoms with Crippen LogP contribution in [-0.4, -0.2) is 16.6 Å². The summed E-state index contributed by atoms with van der Waals surface area (Å²) in [6.07, 6.45) is 2.04. The summed E-state index contributed by atoms with van der Waals surface area (Å²) in [6, 6.07) is 0. The molecule has 0 fully saturated rings. The van der Waals surface area contributed by atoms with Crippen LogP contribution in [-0.2, 0) is 4.79 Å². The Bertz CT molecular complexity index is 159. The Morgan fingerprint density at radius 3 is 2.33 bits per heavy atom. The summed E-state index contributed by atoms with van der Waals surface area (Å²) in [6.45, 7) is 5.89. The van der Waals surface area contributed by atoms with Crippen LogP contribution in [0.2, 0.25) is 0 Å². The van der Waals surface area contributed by atoms with Gasteiger partial charge in [0.25, 0.3) is 0 Å². The van der Waals surface area contributed by atoms with E-state index in [4.69, 9.17) is 10.8 Å². The van der Waals surface area contributed by atoms with Gasteiger partial charge < -0.3 is 10.8 Å². The van der Waals surface area contributed by atoms with Gasteiger partial charge in [-0.1, -0.05) is 27.2 Å². The molecule has 0 aromatic carbocycles. The molecule has 3 nitrogen and oxygen atoms in total. The Hall–Kier alpha value is -0.570. The van der Waals surface area contributed by atoms with Crippen molar-refractivity contribution >= 4 is 5.97 Å². The van der Waals surface area contributed by atoms with E-state index in [2.05, 4.69) is 0 Å². The molecule has 0 rings (SSSR count). The second kappa shape index (κ2) is 4.45. The molecule has 0 aliphatic rings. The summed E-state index contributed by atoms with van der Waals surface area (Å²) in [7, 11) is 0. The van der Waals surface area contributed by atoms with E-state index in [1.807, 2.05) is 20.8 Å². The number of carboxylic acid groups (broad SMARTS) is 1. The minimum atomic E-state index is -1.02. The number of hydrogen-bond donors (Lipinski definition) is 2. The molecule has 3 heteroatoms. The summed E-state index contributed by atoms with van der Waals surface area (Å²) in [4.78, 5) is 10.8. The quantitative estimate of drug-likeness (QED) is 0.664. The lowest BCUT2D eigenvalue weighted by atomic mass is 9.86. The van der Waals surface area contributed by atoms with E-state index in [1.54, 1.807) is 0 Å². The first-order valence-electron chi connectivity index (χ1n) is 4.48. The van der Waals surface area contributed by atoms with Gasteiger partial charge in [0.1, 0.15) is 5.54 Å². The van der Waals surface area contributed by atoms with Gasteiger partial charge in [-0.25, -0.2) is 0 Å². The fraction of sp³-hybridized carbons (Fsp3) is 0.889. The Morgan fingerprint density at radius 2 is 2.08 bits per heavy atom. The molecule has 2 atom stereocenters. The van der Waals surface area contributed by atoms with E-state index in [0.29, 0.717) is 18.8 Å². The van der Waals surface area contributed by atoms with Gasteiger partial charge >= 0.3 is 5.97 Å². The fourth-order valence-electron chi connectivity index (χ4n) is 1.15. The predicted molar refractivity (Wildman–Crippen MR) is 48.9 cm³/mol. The highest BCUT2D eigenvalue weighted by molar-refractivity contribution is 5.78. The van der Waals surface area contributed by atoms with Crippen LogP contribution in [0.15, 0.2) is 0 Å². The van der Waals surface area contributed by atoms with Crippen molar-refractivity contribution < 1.29 is 9.90 Å². The van der Waals surface area contributed by atoms with E-state index in [-0.39, 0.29) is 0 Å². The predicted octanol–water partition coefficient (Wildman–Crippen LogP) is 1.61. The summed E-state index contributed by atoms with van der Waals surface area (Å²) >= 11 is 0. The standard InChI is InChI=1S/C9H19NO2/c1-4-7(3)6-9(10,5-2)8(11)12/h7H,4-6,10H2,1-3H3,(H,11,12). The first-order valence-corrected chi connectivity index (χ1v) is 4.48. The number of carbonyl (C=O) groups is 1. The van der Waals surface area contributed by atoms with E-state index in [0.717, 1.165) is 6.42 Å². The molecule has 0 saturated carbocycles. The zero-order chi connectivity index (χ0) is 9.78. The maximum atomic E-state index is 10.8. The van der Waals surface area contributed by atoms with Crippen molar-refractivity contribution in [1.29, 1.82) is 0 Å². The van der Waals surface area contributed by atoms with Crippen LogP contribution in [0.5, 0.6) is 0 Å². The normalized spacial score (nSPS) is 18.3. The van der Waals surface area contributed by atoms with Crippen LogP contribution in [0.1, 0.15) is 40.0 Å². The van der Waals surface area contributed by atoms with Crippen molar-refractivity contribution in [3.63, 3.8) is 0 Å². The van der Waals surface area contributed by atoms with E-state index >= 15 is 0 Å². The largest absolute Gasteiger partial charge is 0.480 e. The molecule has 0 spiro atoms. The fourth-order valence-corrected chi connectivity index (χ4v) is 1.15. The van der Waals surface area contributed by atoms with Crippen molar-refractivity contribution in [2.45, 2.75) is 45.6 Å². The molecule has 12 heavy (non-hydrogen) atoms. The average Bonchev–Trinajstić information content (AvgIpc) is 2.03. The van der Waals surface area contributed by atoms with Crippen LogP contribution in [0.3, 0.4) is 0 Å². The molecule has 2 unspecified atom stereocenters. The van der Waals surface area contributed by atoms with Gasteiger partial charge in [0.2, 0.25) is 0 Å². The number of carboxylic acids is 1. The minimum absolute atomic E-state index is 0.381. The van der Waals surface area contributed by atoms with Gasteiger partial charge in [-0.15, -0.1) is 0 Å². The van der Waals surface area contributed by atoms with Gasteiger partial charge in [0.15, 0.2) is 0 Å². The third kappa shape index (κ3) is 2.81. The summed E-state index contributed by atoms with van der Waals surface area (Å²) in [5.41, 5.74) is 4.70. The molecule has 0 saturated heterocycles. The Kier molecular flexibility index (Phi) is 4.24. The maximum Gasteiger partial charge on any atom is 0.323 e. The highest BCUT2D eigenvalue weighted by Crippen LogP contribution is 2.20. The monoisotopic (exact) mass is 173 g/mol. The zero-order valence-electron chi connectivity index (χ0n) is 8.13. The van der Waals surface area contributed by atoms with Crippen LogP contribution < -0.4 is 5.73 Å². The van der Waals surface area contributed by atoms with Crippen LogP contribution in [0.25, 0.3) is 0 Å². The van der Waals surface area contributed by atoms with E-state index in [1.165, 1.54) is 0 Å². The van der Waals surface area contributed by atoms with Crippen molar-refractivity contribution in [3.05, 3.63) is 0 Å². The summed E-state index contributed by atoms with van der Waals surface area (Å²) in [5, 5.41) is 8.85. The zero-order valence-corrected chi connectivity index (χ0v) is 8.13. The molecular weight excluding hydrogens is 154 g/mol. The SMILES string of the molecule is CCC(C)CC(N)(CC)C(=O)O. The van der Waals surface area contributed by atoms with Gasteiger partial charge in [0.05, 0.1) is 0 Å². The summed E-state index contributed by atoms with van der Waals surface area (Å²) in [5.74, 6) is -0.503. The average molecular weight is 173 g/mol. The van der Waals surface area contributed by atoms with Crippen molar-refractivity contribution in [2.24, 2.45) is 11.7 Å². The molecule has 0 aliphatic heterocycles. The molecule has 0 aromatic heterocycles. The molecule has 0 radical (unpaired) electrons. The highest BCUT2D eigenvalue weighted by atomic mass is 16.4. The lowest BCUT2D eigenvalue weighted by Crippen LogP contribution is -2.48. The maximum absolute atomic E-state index is 10.8. The molecule has 0 amide bonds. The first kappa shape index (κ1) is 11.4. The van der Waals surface area contributed by atoms with Gasteiger partial charge in [-0.05, 0) is 18.8 Å². The molecule has 0 heterocycles. The second-order valence-electron chi connectivity index (χ2n) is 3.53. The van der Waals surface area contributed by atoms with E-state index in [9.17, 15) is 4.79 Å². The molecular formula is C9H19NO2. The van der Waals surface area contributed by atoms with Gasteiger partial charge in [-0.2, -0.15) is 0 Å². The van der Waals surface area contributed by atoms with Gasteiger partial charge in [-0.3, -0.25) is 4.79 Å². The highest BCUT2D eigenvalue weighted by Gasteiger charge is 2.32. The molecule has 0 aliphatic carbocycles. The number of aliphatic carboxylic acids is 1. The number of hydrogen-bond acceptors (Lipinski definition) is 2. The Labute approximate surface area is 74.0 Å². The van der Waals surface area contributed by atoms with Crippen LogP contribution in [0.4, 0.5) is 0 Å². The number of nitrogens with two attached hydrogens (primary N) is 1. The topological polar surface area (TPSA) is 63.3 Å². The third-order valence-electron chi connectivity index (χ3n) is 2.47. The lowest BCUT2D eigenvalue weighted by molar-refractivity contribution is -0.144. The first-order chi connectivity index (χ1) is 5.46. The van der Waals surface area contributed by atoms with E-state index < -0.39 is 11.5 Å².